The zero-order valence-electron chi connectivity index (χ0n) is 12.0. The number of amides is 1. The lowest BCUT2D eigenvalue weighted by Crippen LogP contribution is -2.24. The van der Waals surface area contributed by atoms with Crippen LogP contribution in [-0.2, 0) is 6.54 Å². The first-order chi connectivity index (χ1) is 11.2. The van der Waals surface area contributed by atoms with Gasteiger partial charge in [-0.05, 0) is 12.1 Å². The number of hydrogen-bond acceptors (Lipinski definition) is 5. The van der Waals surface area contributed by atoms with E-state index in [-0.39, 0.29) is 27.8 Å². The van der Waals surface area contributed by atoms with E-state index in [0.717, 1.165) is 17.6 Å². The van der Waals surface area contributed by atoms with Gasteiger partial charge in [0.15, 0.2) is 0 Å². The number of alkyl halides is 3. The highest BCUT2D eigenvalue weighted by molar-refractivity contribution is 7.08. The second-order valence-electron chi connectivity index (χ2n) is 4.34. The van der Waals surface area contributed by atoms with Crippen molar-refractivity contribution in [3.63, 3.8) is 0 Å². The molecule has 1 aromatic carbocycles. The number of hydrogen-bond donors (Lipinski definition) is 2. The minimum atomic E-state index is -4.89. The second-order valence-corrected chi connectivity index (χ2v) is 5.54. The van der Waals surface area contributed by atoms with Crippen molar-refractivity contribution >= 4 is 29.0 Å². The normalized spacial score (nSPS) is 11.2. The molecule has 0 radical (unpaired) electrons. The molecule has 2 aromatic rings. The molecule has 2 N–H and O–H groups in total. The Labute approximate surface area is 142 Å². The van der Waals surface area contributed by atoms with E-state index in [9.17, 15) is 22.8 Å². The minimum Gasteiger partial charge on any atom is -0.496 e. The SMILES string of the molecule is COc1cccc(OC(F)(F)F)c1CNC(=O)c1s[nH]c(=O)c1Cl. The standard InChI is InChI=1S/C13H10ClF3N2O4S/c1-22-7-3-2-4-8(23-13(15,16)17)6(7)5-18-12(21)10-9(14)11(20)19-24-10/h2-4H,5H2,1H3,(H,18,21)(H,19,20). The van der Waals surface area contributed by atoms with Gasteiger partial charge in [0.2, 0.25) is 0 Å². The number of halogens is 4. The Kier molecular flexibility index (Phi) is 5.40. The van der Waals surface area contributed by atoms with Gasteiger partial charge in [0.25, 0.3) is 11.5 Å². The van der Waals surface area contributed by atoms with E-state index in [0.29, 0.717) is 0 Å². The van der Waals surface area contributed by atoms with Crippen LogP contribution in [0.1, 0.15) is 15.2 Å². The van der Waals surface area contributed by atoms with Crippen molar-refractivity contribution in [1.29, 1.82) is 0 Å². The van der Waals surface area contributed by atoms with Gasteiger partial charge in [-0.25, -0.2) is 0 Å². The molecule has 6 nitrogen and oxygen atoms in total. The van der Waals surface area contributed by atoms with E-state index in [1.165, 1.54) is 19.2 Å². The number of ether oxygens (including phenoxy) is 2. The number of benzene rings is 1. The summed E-state index contributed by atoms with van der Waals surface area (Å²) < 4.78 is 48.6. The molecule has 130 valence electrons. The molecule has 0 atom stereocenters. The van der Waals surface area contributed by atoms with Crippen LogP contribution in [0.2, 0.25) is 5.02 Å². The average Bonchev–Trinajstić information content (AvgIpc) is 2.83. The van der Waals surface area contributed by atoms with Crippen LogP contribution >= 0.6 is 23.1 Å². The van der Waals surface area contributed by atoms with Crippen molar-refractivity contribution in [3.05, 3.63) is 44.0 Å². The number of methoxy groups -OCH3 is 1. The summed E-state index contributed by atoms with van der Waals surface area (Å²) in [6.07, 6.45) is -4.89. The Morgan fingerprint density at radius 1 is 1.38 bits per heavy atom. The first-order valence-corrected chi connectivity index (χ1v) is 7.49. The topological polar surface area (TPSA) is 80.4 Å². The number of aromatic nitrogens is 1. The van der Waals surface area contributed by atoms with E-state index in [2.05, 4.69) is 14.4 Å². The fourth-order valence-electron chi connectivity index (χ4n) is 1.82. The van der Waals surface area contributed by atoms with Gasteiger partial charge in [-0.1, -0.05) is 29.2 Å². The van der Waals surface area contributed by atoms with E-state index in [1.54, 1.807) is 0 Å². The molecule has 0 unspecified atom stereocenters. The molecule has 24 heavy (non-hydrogen) atoms. The first kappa shape index (κ1) is 18.1. The minimum absolute atomic E-state index is 0.00956. The van der Waals surface area contributed by atoms with Crippen LogP contribution in [0.5, 0.6) is 11.5 Å². The Morgan fingerprint density at radius 3 is 2.58 bits per heavy atom. The van der Waals surface area contributed by atoms with Crippen LogP contribution in [-0.4, -0.2) is 23.8 Å². The Balaban J connectivity index is 2.23. The van der Waals surface area contributed by atoms with Gasteiger partial charge in [-0.3, -0.25) is 14.0 Å². The highest BCUT2D eigenvalue weighted by atomic mass is 35.5. The molecular formula is C13H10ClF3N2O4S. The Morgan fingerprint density at radius 2 is 2.04 bits per heavy atom. The quantitative estimate of drug-likeness (QED) is 0.833. The zero-order valence-corrected chi connectivity index (χ0v) is 13.6. The van der Waals surface area contributed by atoms with Gasteiger partial charge in [-0.2, -0.15) is 0 Å². The van der Waals surface area contributed by atoms with Gasteiger partial charge in [-0.15, -0.1) is 13.2 Å². The predicted octanol–water partition coefficient (Wildman–Crippen LogP) is 2.93. The van der Waals surface area contributed by atoms with Crippen molar-refractivity contribution in [2.24, 2.45) is 0 Å². The summed E-state index contributed by atoms with van der Waals surface area (Å²) in [7, 11) is 1.27. The average molecular weight is 383 g/mol. The lowest BCUT2D eigenvalue weighted by molar-refractivity contribution is -0.274. The third-order valence-electron chi connectivity index (χ3n) is 2.81. The Hall–Kier alpha value is -2.20. The third-order valence-corrected chi connectivity index (χ3v) is 4.17. The molecule has 1 amide bonds. The third kappa shape index (κ3) is 4.20. The van der Waals surface area contributed by atoms with E-state index >= 15 is 0 Å². The summed E-state index contributed by atoms with van der Waals surface area (Å²) in [6.45, 7) is -0.323. The number of carbonyl (C=O) groups excluding carboxylic acids is 1. The summed E-state index contributed by atoms with van der Waals surface area (Å²) in [5.41, 5.74) is -0.630. The molecule has 1 aromatic heterocycles. The van der Waals surface area contributed by atoms with Gasteiger partial charge >= 0.3 is 6.36 Å². The molecule has 0 aliphatic rings. The molecule has 0 saturated carbocycles. The van der Waals surface area contributed by atoms with Crippen molar-refractivity contribution in [3.8, 4) is 11.5 Å². The molecular weight excluding hydrogens is 373 g/mol. The number of carbonyl (C=O) groups is 1. The van der Waals surface area contributed by atoms with Crippen LogP contribution in [0.3, 0.4) is 0 Å². The second kappa shape index (κ2) is 7.14. The van der Waals surface area contributed by atoms with E-state index in [4.69, 9.17) is 16.3 Å². The highest BCUT2D eigenvalue weighted by Gasteiger charge is 2.32. The summed E-state index contributed by atoms with van der Waals surface area (Å²) in [6, 6.07) is 3.84. The predicted molar refractivity (Wildman–Crippen MR) is 80.8 cm³/mol. The van der Waals surface area contributed by atoms with Gasteiger partial charge < -0.3 is 14.8 Å². The fourth-order valence-corrected chi connectivity index (χ4v) is 2.77. The molecule has 11 heteroatoms. The summed E-state index contributed by atoms with van der Waals surface area (Å²) >= 11 is 6.39. The van der Waals surface area contributed by atoms with E-state index < -0.39 is 23.6 Å². The van der Waals surface area contributed by atoms with Crippen molar-refractivity contribution < 1.29 is 27.4 Å². The summed E-state index contributed by atoms with van der Waals surface area (Å²) in [4.78, 5) is 23.1. The van der Waals surface area contributed by atoms with Crippen LogP contribution in [0, 0.1) is 0 Å². The summed E-state index contributed by atoms with van der Waals surface area (Å²) in [5, 5.41) is 2.08. The number of rotatable bonds is 5. The largest absolute Gasteiger partial charge is 0.573 e. The van der Waals surface area contributed by atoms with Crippen LogP contribution in [0.25, 0.3) is 0 Å². The molecule has 0 saturated heterocycles. The van der Waals surface area contributed by atoms with Crippen LogP contribution < -0.4 is 20.3 Å². The number of nitrogens with one attached hydrogen (secondary N) is 2. The first-order valence-electron chi connectivity index (χ1n) is 6.29. The molecule has 2 rings (SSSR count). The maximum atomic E-state index is 12.5. The molecule has 0 aliphatic heterocycles. The van der Waals surface area contributed by atoms with Crippen molar-refractivity contribution in [1.82, 2.24) is 9.69 Å². The molecule has 0 fully saturated rings. The van der Waals surface area contributed by atoms with Gasteiger partial charge in [0.05, 0.1) is 19.2 Å². The number of aromatic amines is 1. The van der Waals surface area contributed by atoms with Crippen molar-refractivity contribution in [2.45, 2.75) is 12.9 Å². The van der Waals surface area contributed by atoms with E-state index in [1.807, 2.05) is 0 Å². The molecule has 1 heterocycles. The highest BCUT2D eigenvalue weighted by Crippen LogP contribution is 2.32. The van der Waals surface area contributed by atoms with Crippen LogP contribution in [0.4, 0.5) is 13.2 Å². The zero-order chi connectivity index (χ0) is 17.9. The maximum absolute atomic E-state index is 12.5. The van der Waals surface area contributed by atoms with Gasteiger partial charge in [0, 0.05) is 0 Å². The molecule has 0 bridgehead atoms. The molecule has 0 aliphatic carbocycles. The smallest absolute Gasteiger partial charge is 0.496 e. The van der Waals surface area contributed by atoms with Crippen LogP contribution in [0.15, 0.2) is 23.0 Å². The summed E-state index contributed by atoms with van der Waals surface area (Å²) in [5.74, 6) is -1.12. The fraction of sp³-hybridized carbons (Fsp3) is 0.231. The maximum Gasteiger partial charge on any atom is 0.573 e. The van der Waals surface area contributed by atoms with Crippen molar-refractivity contribution in [2.75, 3.05) is 7.11 Å². The monoisotopic (exact) mass is 382 g/mol. The lowest BCUT2D eigenvalue weighted by Gasteiger charge is -2.16. The Bertz CT molecular complexity index is 803. The number of H-pyrrole nitrogens is 1. The van der Waals surface area contributed by atoms with Gasteiger partial charge in [0.1, 0.15) is 21.4 Å². The lowest BCUT2D eigenvalue weighted by atomic mass is 10.1. The molecule has 0 spiro atoms.